The molecule has 1 aromatic carbocycles. The Balaban J connectivity index is 1.31. The summed E-state index contributed by atoms with van der Waals surface area (Å²) >= 11 is 0. The lowest BCUT2D eigenvalue weighted by Crippen LogP contribution is -2.43. The van der Waals surface area contributed by atoms with Crippen LogP contribution in [0.2, 0.25) is 0 Å². The van der Waals surface area contributed by atoms with E-state index in [1.165, 1.54) is 18.4 Å². The zero-order chi connectivity index (χ0) is 23.7. The maximum Gasteiger partial charge on any atom is 0.255 e. The molecule has 5 rings (SSSR count). The molecular formula is C28H34N4O2. The Morgan fingerprint density at radius 3 is 2.65 bits per heavy atom. The molecule has 178 valence electrons. The van der Waals surface area contributed by atoms with Gasteiger partial charge < -0.3 is 16.2 Å². The first kappa shape index (κ1) is 22.9. The molecule has 6 nitrogen and oxygen atoms in total. The zero-order valence-corrected chi connectivity index (χ0v) is 19.9. The Morgan fingerprint density at radius 2 is 1.97 bits per heavy atom. The Morgan fingerprint density at radius 1 is 1.21 bits per heavy atom. The van der Waals surface area contributed by atoms with E-state index in [2.05, 4.69) is 51.3 Å². The number of nitrogens with zero attached hydrogens (tertiary/aromatic N) is 2. The fraction of sp³-hybridized carbons (Fsp3) is 0.500. The van der Waals surface area contributed by atoms with Gasteiger partial charge >= 0.3 is 0 Å². The number of nitrogens with one attached hydrogen (secondary N) is 1. The van der Waals surface area contributed by atoms with E-state index in [0.29, 0.717) is 11.5 Å². The summed E-state index contributed by atoms with van der Waals surface area (Å²) in [5.74, 6) is 7.00. The van der Waals surface area contributed by atoms with Crippen molar-refractivity contribution in [1.82, 2.24) is 15.2 Å². The lowest BCUT2D eigenvalue weighted by atomic mass is 9.58. The number of nitrogen functional groups attached to an aromatic ring is 1. The molecule has 6 heteroatoms. The molecule has 0 spiro atoms. The average Bonchev–Trinajstić information content (AvgIpc) is 3.09. The standard InChI is InChI=1S/C28H34N4O2/c1-2-3-14-32-17-22-12-13-28(22,18-32)21-6-4-19(5-7-21)20-15-25(26(29)30-16-20)27(34)31-23-8-10-24(33)11-9-23/h4-7,15-16,22-24,33H,8-14,17-18H2,1H3,(H2,29,30)(H,31,34)/t22-,23-,24-,28+/m1/s1. The van der Waals surface area contributed by atoms with Gasteiger partial charge in [-0.05, 0) is 68.6 Å². The number of hydrogen-bond acceptors (Lipinski definition) is 5. The van der Waals surface area contributed by atoms with Crippen LogP contribution in [0.1, 0.15) is 61.4 Å². The summed E-state index contributed by atoms with van der Waals surface area (Å²) in [6.07, 6.45) is 7.02. The van der Waals surface area contributed by atoms with Crippen LogP contribution in [0.4, 0.5) is 5.82 Å². The predicted molar refractivity (Wildman–Crippen MR) is 134 cm³/mol. The number of pyridine rings is 1. The topological polar surface area (TPSA) is 91.5 Å². The lowest BCUT2D eigenvalue weighted by Gasteiger charge is -2.45. The van der Waals surface area contributed by atoms with Crippen LogP contribution in [0.15, 0.2) is 36.5 Å². The molecule has 2 heterocycles. The first-order valence-corrected chi connectivity index (χ1v) is 12.5. The molecule has 1 saturated heterocycles. The number of likely N-dealkylation sites (tertiary alicyclic amines) is 1. The van der Waals surface area contributed by atoms with Crippen molar-refractivity contribution >= 4 is 11.7 Å². The van der Waals surface area contributed by atoms with Crippen molar-refractivity contribution in [2.45, 2.75) is 63.0 Å². The molecule has 2 aromatic rings. The molecular weight excluding hydrogens is 424 g/mol. The minimum absolute atomic E-state index is 0.0715. The van der Waals surface area contributed by atoms with Crippen LogP contribution in [-0.4, -0.2) is 52.7 Å². The third-order valence-electron chi connectivity index (χ3n) is 8.17. The summed E-state index contributed by atoms with van der Waals surface area (Å²) in [4.78, 5) is 19.7. The van der Waals surface area contributed by atoms with Crippen LogP contribution in [0.3, 0.4) is 0 Å². The molecule has 1 aromatic heterocycles. The second-order valence-corrected chi connectivity index (χ2v) is 10.2. The van der Waals surface area contributed by atoms with Gasteiger partial charge in [0.05, 0.1) is 18.2 Å². The Bertz CT molecular complexity index is 1110. The summed E-state index contributed by atoms with van der Waals surface area (Å²) in [6, 6.07) is 10.7. The Labute approximate surface area is 201 Å². The third-order valence-corrected chi connectivity index (χ3v) is 8.17. The zero-order valence-electron chi connectivity index (χ0n) is 19.9. The number of amides is 1. The SMILES string of the molecule is CC#CCN1C[C@H]2CC[C@@]2(c2ccc(-c3cnc(N)c(C(=O)N[C@H]4CC[C@H](O)CC4)c3)cc2)C1. The second-order valence-electron chi connectivity index (χ2n) is 10.2. The number of nitrogens with two attached hydrogens (primary N) is 1. The number of carbonyl (C=O) groups is 1. The van der Waals surface area contributed by atoms with E-state index in [1.807, 2.05) is 13.0 Å². The highest BCUT2D eigenvalue weighted by molar-refractivity contribution is 5.99. The molecule has 1 aliphatic heterocycles. The highest BCUT2D eigenvalue weighted by Gasteiger charge is 2.53. The van der Waals surface area contributed by atoms with E-state index in [1.54, 1.807) is 6.20 Å². The Kier molecular flexibility index (Phi) is 6.33. The van der Waals surface area contributed by atoms with Gasteiger partial charge in [0.2, 0.25) is 0 Å². The Hall–Kier alpha value is -2.88. The molecule has 3 fully saturated rings. The molecule has 0 bridgehead atoms. The number of benzene rings is 1. The third kappa shape index (κ3) is 4.31. The first-order chi connectivity index (χ1) is 16.5. The van der Waals surface area contributed by atoms with E-state index in [0.717, 1.165) is 56.4 Å². The molecule has 2 atom stereocenters. The van der Waals surface area contributed by atoms with Gasteiger partial charge in [-0.25, -0.2) is 4.98 Å². The maximum absolute atomic E-state index is 12.9. The minimum atomic E-state index is -0.252. The summed E-state index contributed by atoms with van der Waals surface area (Å²) in [5, 5.41) is 12.8. The fourth-order valence-corrected chi connectivity index (χ4v) is 6.02. The van der Waals surface area contributed by atoms with Crippen LogP contribution >= 0.6 is 0 Å². The predicted octanol–water partition coefficient (Wildman–Crippen LogP) is 3.35. The number of fused-ring (bicyclic) bond motifs is 1. The van der Waals surface area contributed by atoms with E-state index < -0.39 is 0 Å². The normalized spacial score (nSPS) is 28.4. The molecule has 2 saturated carbocycles. The van der Waals surface area contributed by atoms with Gasteiger partial charge in [0.25, 0.3) is 5.91 Å². The van der Waals surface area contributed by atoms with Crippen molar-refractivity contribution in [3.05, 3.63) is 47.7 Å². The molecule has 0 radical (unpaired) electrons. The van der Waals surface area contributed by atoms with Gasteiger partial charge in [-0.15, -0.1) is 5.92 Å². The number of carbonyl (C=O) groups excluding carboxylic acids is 1. The van der Waals surface area contributed by atoms with Crippen LogP contribution in [0.5, 0.6) is 0 Å². The van der Waals surface area contributed by atoms with E-state index >= 15 is 0 Å². The van der Waals surface area contributed by atoms with Crippen molar-refractivity contribution < 1.29 is 9.90 Å². The average molecular weight is 459 g/mol. The number of aliphatic hydroxyl groups is 1. The molecule has 3 aliphatic rings. The number of hydrogen-bond donors (Lipinski definition) is 3. The van der Waals surface area contributed by atoms with Crippen LogP contribution < -0.4 is 11.1 Å². The van der Waals surface area contributed by atoms with Crippen molar-refractivity contribution in [3.8, 4) is 23.0 Å². The molecule has 0 unspecified atom stereocenters. The van der Waals surface area contributed by atoms with Crippen molar-refractivity contribution in [1.29, 1.82) is 0 Å². The molecule has 4 N–H and O–H groups in total. The molecule has 2 aliphatic carbocycles. The number of rotatable bonds is 5. The molecule has 34 heavy (non-hydrogen) atoms. The maximum atomic E-state index is 12.9. The van der Waals surface area contributed by atoms with Gasteiger partial charge in [0.1, 0.15) is 5.82 Å². The van der Waals surface area contributed by atoms with Gasteiger partial charge in [-0.3, -0.25) is 9.69 Å². The van der Waals surface area contributed by atoms with Crippen molar-refractivity contribution in [3.63, 3.8) is 0 Å². The van der Waals surface area contributed by atoms with Gasteiger partial charge in [-0.1, -0.05) is 30.2 Å². The summed E-state index contributed by atoms with van der Waals surface area (Å²) in [6.45, 7) is 4.98. The van der Waals surface area contributed by atoms with E-state index in [9.17, 15) is 9.90 Å². The highest BCUT2D eigenvalue weighted by atomic mass is 16.3. The van der Waals surface area contributed by atoms with E-state index in [-0.39, 0.29) is 29.3 Å². The largest absolute Gasteiger partial charge is 0.393 e. The summed E-state index contributed by atoms with van der Waals surface area (Å²) < 4.78 is 0. The number of aliphatic hydroxyl groups excluding tert-OH is 1. The van der Waals surface area contributed by atoms with Gasteiger partial charge in [0.15, 0.2) is 0 Å². The van der Waals surface area contributed by atoms with Crippen LogP contribution in [-0.2, 0) is 5.41 Å². The van der Waals surface area contributed by atoms with Gasteiger partial charge in [0, 0.05) is 36.3 Å². The quantitative estimate of drug-likeness (QED) is 0.598. The number of aromatic nitrogens is 1. The van der Waals surface area contributed by atoms with Crippen LogP contribution in [0.25, 0.3) is 11.1 Å². The van der Waals surface area contributed by atoms with Crippen LogP contribution in [0, 0.1) is 17.8 Å². The van der Waals surface area contributed by atoms with Crippen molar-refractivity contribution in [2.75, 3.05) is 25.4 Å². The van der Waals surface area contributed by atoms with Crippen molar-refractivity contribution in [2.24, 2.45) is 5.92 Å². The van der Waals surface area contributed by atoms with Gasteiger partial charge in [-0.2, -0.15) is 0 Å². The highest BCUT2D eigenvalue weighted by Crippen LogP contribution is 2.53. The fourth-order valence-electron chi connectivity index (χ4n) is 6.02. The minimum Gasteiger partial charge on any atom is -0.393 e. The smallest absolute Gasteiger partial charge is 0.255 e. The number of anilines is 1. The van der Waals surface area contributed by atoms with E-state index in [4.69, 9.17) is 5.73 Å². The first-order valence-electron chi connectivity index (χ1n) is 12.5. The second kappa shape index (κ2) is 9.40. The lowest BCUT2D eigenvalue weighted by molar-refractivity contribution is 0.0868. The molecule has 1 amide bonds. The summed E-state index contributed by atoms with van der Waals surface area (Å²) in [5.41, 5.74) is 10.1. The summed E-state index contributed by atoms with van der Waals surface area (Å²) in [7, 11) is 0. The monoisotopic (exact) mass is 458 g/mol.